The standard InChI is InChI=1S/C43H34IN13/c1-27(48-15-6-13-45)29-24-30-31-25-32(41-51-16-7-17-52-41)35(42-53-18-8-19-54-42)37(43-55-20-9-21-56-43)39(31)57(28-10-3-2-4-11-28)38(30)36(40(46)50-14-5-12-44)34(29)33-26-47-22-23-49-33/h2-11,13-27H,12,45H2,1H3,(H2,46,50)/b13-6-,14-5-,48-15-. The van der Waals surface area contributed by atoms with Crippen LogP contribution in [-0.4, -0.2) is 60.9 Å². The largest absolute Gasteiger partial charge is 0.405 e. The second kappa shape index (κ2) is 16.7. The minimum atomic E-state index is -0.389. The van der Waals surface area contributed by atoms with Crippen LogP contribution in [0.4, 0.5) is 0 Å². The average Bonchev–Trinajstić information content (AvgIpc) is 3.60. The van der Waals surface area contributed by atoms with Crippen LogP contribution in [0.25, 0.3) is 72.9 Å². The molecule has 57 heavy (non-hydrogen) atoms. The number of hydrogen-bond acceptors (Lipinski definition) is 11. The van der Waals surface area contributed by atoms with Gasteiger partial charge in [-0.1, -0.05) is 46.9 Å². The second-order valence-electron chi connectivity index (χ2n) is 12.6. The van der Waals surface area contributed by atoms with Gasteiger partial charge in [0.1, 0.15) is 5.84 Å². The number of allylic oxidation sites excluding steroid dienone is 2. The van der Waals surface area contributed by atoms with E-state index in [-0.39, 0.29) is 11.9 Å². The van der Waals surface area contributed by atoms with Crippen molar-refractivity contribution in [3.63, 3.8) is 0 Å². The van der Waals surface area contributed by atoms with Crippen LogP contribution in [0.5, 0.6) is 0 Å². The molecule has 278 valence electrons. The Morgan fingerprint density at radius 2 is 1.40 bits per heavy atom. The van der Waals surface area contributed by atoms with Gasteiger partial charge in [0, 0.05) is 99.6 Å². The van der Waals surface area contributed by atoms with Gasteiger partial charge < -0.3 is 16.0 Å². The molecule has 8 rings (SSSR count). The molecule has 0 radical (unpaired) electrons. The van der Waals surface area contributed by atoms with Gasteiger partial charge in [0.15, 0.2) is 17.5 Å². The van der Waals surface area contributed by atoms with Crippen LogP contribution in [-0.2, 0) is 0 Å². The summed E-state index contributed by atoms with van der Waals surface area (Å²) in [6.07, 6.45) is 23.8. The molecule has 4 N–H and O–H groups in total. The Balaban J connectivity index is 1.70. The summed E-state index contributed by atoms with van der Waals surface area (Å²) >= 11 is 2.27. The van der Waals surface area contributed by atoms with Crippen molar-refractivity contribution in [3.05, 3.63) is 152 Å². The van der Waals surface area contributed by atoms with Crippen molar-refractivity contribution in [2.24, 2.45) is 21.5 Å². The van der Waals surface area contributed by atoms with Gasteiger partial charge in [-0.2, -0.15) is 0 Å². The van der Waals surface area contributed by atoms with Crippen LogP contribution in [0.3, 0.4) is 0 Å². The predicted octanol–water partition coefficient (Wildman–Crippen LogP) is 7.87. The molecule has 0 aliphatic carbocycles. The molecular formula is C43H34IN13. The number of fused-ring (bicyclic) bond motifs is 3. The maximum atomic E-state index is 7.19. The maximum absolute atomic E-state index is 7.19. The Kier molecular flexibility index (Phi) is 10.8. The van der Waals surface area contributed by atoms with Crippen LogP contribution in [0.2, 0.25) is 0 Å². The lowest BCUT2D eigenvalue weighted by molar-refractivity contribution is 0.828. The van der Waals surface area contributed by atoms with Crippen LogP contribution >= 0.6 is 22.6 Å². The van der Waals surface area contributed by atoms with Crippen molar-refractivity contribution in [2.75, 3.05) is 4.43 Å². The molecule has 0 aliphatic heterocycles. The molecule has 0 fully saturated rings. The minimum absolute atomic E-state index is 0.275. The number of hydrogen-bond donors (Lipinski definition) is 2. The topological polar surface area (TPSA) is 185 Å². The number of aliphatic imine (C=N–C) groups is 2. The van der Waals surface area contributed by atoms with E-state index < -0.39 is 0 Å². The third-order valence-electron chi connectivity index (χ3n) is 9.21. The molecule has 5 heterocycles. The summed E-state index contributed by atoms with van der Waals surface area (Å²) in [6, 6.07) is 19.3. The Morgan fingerprint density at radius 1 is 0.754 bits per heavy atom. The van der Waals surface area contributed by atoms with E-state index in [9.17, 15) is 0 Å². The summed E-state index contributed by atoms with van der Waals surface area (Å²) in [5.41, 5.74) is 20.2. The molecule has 13 nitrogen and oxygen atoms in total. The Hall–Kier alpha value is -7.07. The molecule has 1 atom stereocenters. The van der Waals surface area contributed by atoms with E-state index in [1.54, 1.807) is 92.5 Å². The van der Waals surface area contributed by atoms with Gasteiger partial charge >= 0.3 is 0 Å². The number of alkyl halides is 1. The molecule has 0 bridgehead atoms. The number of halogens is 1. The number of nitrogens with two attached hydrogens (primary N) is 2. The molecule has 0 spiro atoms. The van der Waals surface area contributed by atoms with Crippen molar-refractivity contribution in [2.45, 2.75) is 13.0 Å². The van der Waals surface area contributed by atoms with Crippen molar-refractivity contribution in [3.8, 4) is 51.1 Å². The Bertz CT molecular complexity index is 2790. The molecule has 0 amide bonds. The second-order valence-corrected chi connectivity index (χ2v) is 13.5. The van der Waals surface area contributed by atoms with Crippen molar-refractivity contribution in [1.29, 1.82) is 0 Å². The van der Waals surface area contributed by atoms with E-state index >= 15 is 0 Å². The molecule has 0 aliphatic rings. The predicted molar refractivity (Wildman–Crippen MR) is 234 cm³/mol. The summed E-state index contributed by atoms with van der Waals surface area (Å²) in [4.78, 5) is 47.7. The number of para-hydroxylation sites is 1. The number of aromatic nitrogens is 9. The number of amidine groups is 1. The minimum Gasteiger partial charge on any atom is -0.405 e. The van der Waals surface area contributed by atoms with Crippen molar-refractivity contribution >= 4 is 56.4 Å². The van der Waals surface area contributed by atoms with E-state index in [1.807, 2.05) is 31.2 Å². The van der Waals surface area contributed by atoms with Gasteiger partial charge in [-0.15, -0.1) is 0 Å². The molecule has 0 saturated heterocycles. The molecule has 1 unspecified atom stereocenters. The van der Waals surface area contributed by atoms with Crippen LogP contribution in [0.15, 0.2) is 151 Å². The first-order valence-electron chi connectivity index (χ1n) is 17.9. The SMILES string of the molecule is CC(/N=C\C=C/N)c1cc2c3cc(-c4ncccn4)c(-c4ncccn4)c(-c4ncccn4)c3n(-c3ccccc3)c2c(/C(N)=N/C=C\CI)c1-c1cnccn1. The average molecular weight is 860 g/mol. The third kappa shape index (κ3) is 7.13. The van der Waals surface area contributed by atoms with Gasteiger partial charge in [0.2, 0.25) is 0 Å². The highest BCUT2D eigenvalue weighted by Crippen LogP contribution is 2.49. The molecule has 0 saturated carbocycles. The zero-order valence-corrected chi connectivity index (χ0v) is 32.8. The fraction of sp³-hybridized carbons (Fsp3) is 0.0698. The van der Waals surface area contributed by atoms with E-state index in [1.165, 1.54) is 6.20 Å². The van der Waals surface area contributed by atoms with Gasteiger partial charge in [0.05, 0.1) is 40.1 Å². The number of nitrogens with zero attached hydrogens (tertiary/aromatic N) is 11. The lowest BCUT2D eigenvalue weighted by Gasteiger charge is -2.20. The van der Waals surface area contributed by atoms with Gasteiger partial charge in [0.25, 0.3) is 0 Å². The summed E-state index contributed by atoms with van der Waals surface area (Å²) in [5.74, 6) is 1.67. The zero-order chi connectivity index (χ0) is 39.1. The molecule has 3 aromatic carbocycles. The van der Waals surface area contributed by atoms with E-state index in [4.69, 9.17) is 56.3 Å². The first-order chi connectivity index (χ1) is 28.1. The monoisotopic (exact) mass is 859 g/mol. The quantitative estimate of drug-likeness (QED) is 0.0562. The van der Waals surface area contributed by atoms with Crippen LogP contribution < -0.4 is 11.5 Å². The maximum Gasteiger partial charge on any atom is 0.162 e. The van der Waals surface area contributed by atoms with Gasteiger partial charge in [-0.05, 0) is 67.2 Å². The number of rotatable bonds is 11. The third-order valence-corrected chi connectivity index (χ3v) is 9.72. The first-order valence-corrected chi connectivity index (χ1v) is 19.4. The zero-order valence-electron chi connectivity index (χ0n) is 30.6. The van der Waals surface area contributed by atoms with Crippen LogP contribution in [0.1, 0.15) is 24.1 Å². The molecular weight excluding hydrogens is 825 g/mol. The highest BCUT2D eigenvalue weighted by Gasteiger charge is 2.31. The molecule has 5 aromatic heterocycles. The van der Waals surface area contributed by atoms with Crippen LogP contribution in [0, 0.1) is 0 Å². The normalized spacial score (nSPS) is 12.8. The number of benzene rings is 3. The van der Waals surface area contributed by atoms with E-state index in [0.717, 1.165) is 43.0 Å². The lowest BCUT2D eigenvalue weighted by Crippen LogP contribution is -2.18. The summed E-state index contributed by atoms with van der Waals surface area (Å²) in [6.45, 7) is 2.02. The van der Waals surface area contributed by atoms with Crippen molar-refractivity contribution < 1.29 is 0 Å². The summed E-state index contributed by atoms with van der Waals surface area (Å²) in [5, 5.41) is 1.70. The van der Waals surface area contributed by atoms with Crippen molar-refractivity contribution in [1.82, 2.24) is 44.4 Å². The Labute approximate surface area is 341 Å². The smallest absolute Gasteiger partial charge is 0.162 e. The van der Waals surface area contributed by atoms with E-state index in [2.05, 4.69) is 56.4 Å². The lowest BCUT2D eigenvalue weighted by atomic mass is 9.89. The van der Waals surface area contributed by atoms with Gasteiger partial charge in [-0.25, -0.2) is 34.9 Å². The highest BCUT2D eigenvalue weighted by atomic mass is 127. The molecule has 14 heteroatoms. The fourth-order valence-corrected chi connectivity index (χ4v) is 7.17. The van der Waals surface area contributed by atoms with E-state index in [0.29, 0.717) is 45.4 Å². The summed E-state index contributed by atoms with van der Waals surface area (Å²) < 4.78 is 2.94. The first kappa shape index (κ1) is 36.9. The highest BCUT2D eigenvalue weighted by molar-refractivity contribution is 14.1. The van der Waals surface area contributed by atoms with Gasteiger partial charge in [-0.3, -0.25) is 15.0 Å². The molecule has 8 aromatic rings. The summed E-state index contributed by atoms with van der Waals surface area (Å²) in [7, 11) is 0. The Morgan fingerprint density at radius 3 is 2.04 bits per heavy atom. The fourth-order valence-electron chi connectivity index (χ4n) is 6.94.